The predicted molar refractivity (Wildman–Crippen MR) is 72.1 cm³/mol. The maximum absolute atomic E-state index is 12.1. The average Bonchev–Trinajstić information content (AvgIpc) is 2.86. The van der Waals surface area contributed by atoms with Crippen LogP contribution in [0, 0.1) is 4.64 Å². The average molecular weight is 274 g/mol. The van der Waals surface area contributed by atoms with Crippen LogP contribution >= 0.6 is 12.2 Å². The lowest BCUT2D eigenvalue weighted by Crippen LogP contribution is -2.12. The number of rotatable bonds is 2. The van der Waals surface area contributed by atoms with Crippen molar-refractivity contribution in [2.45, 2.75) is 0 Å². The zero-order valence-corrected chi connectivity index (χ0v) is 10.6. The number of amides is 1. The summed E-state index contributed by atoms with van der Waals surface area (Å²) in [6.45, 7) is 0.205. The number of aromatic nitrogens is 1. The van der Waals surface area contributed by atoms with Crippen LogP contribution in [0.3, 0.4) is 0 Å². The smallest absolute Gasteiger partial charge is 0.258 e. The number of fused-ring (bicyclic) bond motifs is 1. The SMILES string of the molecule is O=C(Nc1ccc2c(c1)OCO2)c1ccc[nH]c1=S. The molecule has 1 aromatic carbocycles. The lowest BCUT2D eigenvalue weighted by Gasteiger charge is -2.06. The molecule has 1 amide bonds. The Morgan fingerprint density at radius 1 is 1.26 bits per heavy atom. The number of hydrogen-bond donors (Lipinski definition) is 2. The third-order valence-electron chi connectivity index (χ3n) is 2.69. The van der Waals surface area contributed by atoms with E-state index in [1.807, 2.05) is 0 Å². The van der Waals surface area contributed by atoms with E-state index in [4.69, 9.17) is 21.7 Å². The van der Waals surface area contributed by atoms with Crippen LogP contribution in [0.4, 0.5) is 5.69 Å². The van der Waals surface area contributed by atoms with Gasteiger partial charge in [0, 0.05) is 18.0 Å². The molecule has 3 rings (SSSR count). The second-order valence-corrected chi connectivity index (χ2v) is 4.34. The van der Waals surface area contributed by atoms with Crippen LogP contribution in [0.15, 0.2) is 36.5 Å². The Balaban J connectivity index is 1.84. The molecule has 2 aromatic rings. The Hall–Kier alpha value is -2.34. The molecule has 0 fully saturated rings. The van der Waals surface area contributed by atoms with E-state index < -0.39 is 0 Å². The third kappa shape index (κ3) is 2.30. The molecule has 0 aliphatic carbocycles. The van der Waals surface area contributed by atoms with Crippen LogP contribution < -0.4 is 14.8 Å². The molecule has 1 aliphatic rings. The van der Waals surface area contributed by atoms with Crippen LogP contribution in [-0.4, -0.2) is 17.7 Å². The van der Waals surface area contributed by atoms with Gasteiger partial charge in [-0.2, -0.15) is 0 Å². The van der Waals surface area contributed by atoms with Crippen molar-refractivity contribution in [3.8, 4) is 11.5 Å². The molecule has 2 heterocycles. The van der Waals surface area contributed by atoms with E-state index in [9.17, 15) is 4.79 Å². The molecule has 0 unspecified atom stereocenters. The van der Waals surface area contributed by atoms with Crippen molar-refractivity contribution in [3.63, 3.8) is 0 Å². The Labute approximate surface area is 114 Å². The summed E-state index contributed by atoms with van der Waals surface area (Å²) in [5.41, 5.74) is 1.06. The topological polar surface area (TPSA) is 63.4 Å². The summed E-state index contributed by atoms with van der Waals surface area (Å²) in [5.74, 6) is 1.03. The van der Waals surface area contributed by atoms with Crippen molar-refractivity contribution in [3.05, 3.63) is 46.7 Å². The Morgan fingerprint density at radius 3 is 2.95 bits per heavy atom. The maximum atomic E-state index is 12.1. The van der Waals surface area contributed by atoms with Crippen LogP contribution in [0.2, 0.25) is 0 Å². The second-order valence-electron chi connectivity index (χ2n) is 3.94. The van der Waals surface area contributed by atoms with Gasteiger partial charge in [-0.15, -0.1) is 0 Å². The summed E-state index contributed by atoms with van der Waals surface area (Å²) in [5, 5.41) is 2.77. The molecule has 0 radical (unpaired) electrons. The Kier molecular flexibility index (Phi) is 2.92. The molecule has 0 spiro atoms. The van der Waals surface area contributed by atoms with E-state index in [-0.39, 0.29) is 12.7 Å². The molecular weight excluding hydrogens is 264 g/mol. The van der Waals surface area contributed by atoms with Gasteiger partial charge in [0.05, 0.1) is 5.56 Å². The number of carbonyl (C=O) groups excluding carboxylic acids is 1. The van der Waals surface area contributed by atoms with Crippen molar-refractivity contribution in [1.29, 1.82) is 0 Å². The monoisotopic (exact) mass is 274 g/mol. The lowest BCUT2D eigenvalue weighted by molar-refractivity contribution is 0.102. The lowest BCUT2D eigenvalue weighted by atomic mass is 10.2. The number of nitrogens with one attached hydrogen (secondary N) is 2. The fourth-order valence-corrected chi connectivity index (χ4v) is 2.00. The van der Waals surface area contributed by atoms with E-state index in [1.165, 1.54) is 0 Å². The Bertz CT molecular complexity index is 696. The first-order chi connectivity index (χ1) is 9.24. The number of H-pyrrole nitrogens is 1. The van der Waals surface area contributed by atoms with E-state index in [0.29, 0.717) is 27.4 Å². The largest absolute Gasteiger partial charge is 0.454 e. The molecule has 96 valence electrons. The normalized spacial score (nSPS) is 12.2. The van der Waals surface area contributed by atoms with Crippen LogP contribution in [0.5, 0.6) is 11.5 Å². The number of aromatic amines is 1. The van der Waals surface area contributed by atoms with Crippen molar-refractivity contribution in [2.24, 2.45) is 0 Å². The van der Waals surface area contributed by atoms with Gasteiger partial charge in [0.2, 0.25) is 6.79 Å². The molecule has 0 atom stereocenters. The number of benzene rings is 1. The van der Waals surface area contributed by atoms with Gasteiger partial charge in [-0.3, -0.25) is 4.79 Å². The summed E-state index contributed by atoms with van der Waals surface area (Å²) < 4.78 is 10.9. The quantitative estimate of drug-likeness (QED) is 0.826. The minimum Gasteiger partial charge on any atom is -0.454 e. The standard InChI is InChI=1S/C13H10N2O3S/c16-12(9-2-1-5-14-13(9)19)15-8-3-4-10-11(6-8)18-7-17-10/h1-6H,7H2,(H,14,19)(H,15,16). The first-order valence-electron chi connectivity index (χ1n) is 5.63. The third-order valence-corrected chi connectivity index (χ3v) is 3.03. The molecular formula is C13H10N2O3S. The summed E-state index contributed by atoms with van der Waals surface area (Å²) in [7, 11) is 0. The molecule has 2 N–H and O–H groups in total. The first kappa shape index (κ1) is 11.7. The molecule has 0 saturated heterocycles. The van der Waals surface area contributed by atoms with Gasteiger partial charge < -0.3 is 19.8 Å². The van der Waals surface area contributed by atoms with Gasteiger partial charge in [-0.05, 0) is 24.3 Å². The highest BCUT2D eigenvalue weighted by Gasteiger charge is 2.15. The van der Waals surface area contributed by atoms with Gasteiger partial charge in [0.25, 0.3) is 5.91 Å². The minimum atomic E-state index is -0.263. The number of anilines is 1. The number of pyridine rings is 1. The zero-order valence-electron chi connectivity index (χ0n) is 9.80. The fourth-order valence-electron chi connectivity index (χ4n) is 1.77. The molecule has 19 heavy (non-hydrogen) atoms. The van der Waals surface area contributed by atoms with Crippen molar-refractivity contribution < 1.29 is 14.3 Å². The van der Waals surface area contributed by atoms with Crippen molar-refractivity contribution in [2.75, 3.05) is 12.1 Å². The Morgan fingerprint density at radius 2 is 2.11 bits per heavy atom. The maximum Gasteiger partial charge on any atom is 0.258 e. The van der Waals surface area contributed by atoms with Gasteiger partial charge in [0.15, 0.2) is 11.5 Å². The fraction of sp³-hybridized carbons (Fsp3) is 0.0769. The molecule has 6 heteroatoms. The molecule has 0 saturated carbocycles. The number of hydrogen-bond acceptors (Lipinski definition) is 4. The summed E-state index contributed by atoms with van der Waals surface area (Å²) in [6.07, 6.45) is 1.68. The minimum absolute atomic E-state index is 0.205. The highest BCUT2D eigenvalue weighted by Crippen LogP contribution is 2.34. The highest BCUT2D eigenvalue weighted by atomic mass is 32.1. The van der Waals surface area contributed by atoms with Gasteiger partial charge >= 0.3 is 0 Å². The van der Waals surface area contributed by atoms with Crippen molar-refractivity contribution >= 4 is 23.8 Å². The van der Waals surface area contributed by atoms with E-state index in [0.717, 1.165) is 0 Å². The van der Waals surface area contributed by atoms with E-state index >= 15 is 0 Å². The van der Waals surface area contributed by atoms with Gasteiger partial charge in [-0.25, -0.2) is 0 Å². The van der Waals surface area contributed by atoms with Gasteiger partial charge in [0.1, 0.15) is 4.64 Å². The summed E-state index contributed by atoms with van der Waals surface area (Å²) in [6, 6.07) is 8.62. The number of carbonyl (C=O) groups is 1. The molecule has 1 aliphatic heterocycles. The van der Waals surface area contributed by atoms with Crippen LogP contribution in [0.25, 0.3) is 0 Å². The second kappa shape index (κ2) is 4.74. The van der Waals surface area contributed by atoms with E-state index in [1.54, 1.807) is 36.5 Å². The highest BCUT2D eigenvalue weighted by molar-refractivity contribution is 7.71. The van der Waals surface area contributed by atoms with Crippen LogP contribution in [0.1, 0.15) is 10.4 Å². The summed E-state index contributed by atoms with van der Waals surface area (Å²) >= 11 is 5.06. The molecule has 1 aromatic heterocycles. The van der Waals surface area contributed by atoms with Crippen molar-refractivity contribution in [1.82, 2.24) is 4.98 Å². The molecule has 0 bridgehead atoms. The summed E-state index contributed by atoms with van der Waals surface area (Å²) in [4.78, 5) is 14.9. The predicted octanol–water partition coefficient (Wildman–Crippen LogP) is 2.73. The number of ether oxygens (including phenoxy) is 2. The zero-order chi connectivity index (χ0) is 13.2. The first-order valence-corrected chi connectivity index (χ1v) is 6.03. The molecule has 5 nitrogen and oxygen atoms in total. The van der Waals surface area contributed by atoms with E-state index in [2.05, 4.69) is 10.3 Å². The van der Waals surface area contributed by atoms with Crippen LogP contribution in [-0.2, 0) is 0 Å². The van der Waals surface area contributed by atoms with Gasteiger partial charge in [-0.1, -0.05) is 12.2 Å².